The van der Waals surface area contributed by atoms with Crippen molar-refractivity contribution in [1.29, 1.82) is 5.26 Å². The van der Waals surface area contributed by atoms with E-state index < -0.39 is 0 Å². The molecular weight excluding hydrogens is 232 g/mol. The van der Waals surface area contributed by atoms with Crippen molar-refractivity contribution in [2.45, 2.75) is 20.3 Å². The fourth-order valence-corrected chi connectivity index (χ4v) is 2.09. The zero-order valence-electron chi connectivity index (χ0n) is 11.6. The van der Waals surface area contributed by atoms with Crippen molar-refractivity contribution in [2.75, 3.05) is 11.9 Å². The SMILES string of the molecule is CCc1ccc(N(C)c2ccc(C#N)c(C)c2)cc1. The number of hydrogen-bond acceptors (Lipinski definition) is 2. The van der Waals surface area contributed by atoms with Gasteiger partial charge < -0.3 is 4.90 Å². The highest BCUT2D eigenvalue weighted by Gasteiger charge is 2.06. The van der Waals surface area contributed by atoms with Gasteiger partial charge in [-0.2, -0.15) is 5.26 Å². The third-order valence-electron chi connectivity index (χ3n) is 3.45. The first-order chi connectivity index (χ1) is 9.15. The molecule has 0 saturated heterocycles. The van der Waals surface area contributed by atoms with Crippen molar-refractivity contribution in [3.8, 4) is 6.07 Å². The van der Waals surface area contributed by atoms with Gasteiger partial charge in [-0.15, -0.1) is 0 Å². The molecule has 0 amide bonds. The lowest BCUT2D eigenvalue weighted by molar-refractivity contribution is 1.13. The van der Waals surface area contributed by atoms with Gasteiger partial charge in [0.1, 0.15) is 0 Å². The van der Waals surface area contributed by atoms with E-state index in [1.807, 2.05) is 32.2 Å². The number of anilines is 2. The largest absolute Gasteiger partial charge is 0.345 e. The molecule has 0 atom stereocenters. The molecule has 2 aromatic carbocycles. The van der Waals surface area contributed by atoms with E-state index >= 15 is 0 Å². The second-order valence-electron chi connectivity index (χ2n) is 4.69. The van der Waals surface area contributed by atoms with Gasteiger partial charge in [-0.1, -0.05) is 19.1 Å². The van der Waals surface area contributed by atoms with Crippen LogP contribution in [0.3, 0.4) is 0 Å². The summed E-state index contributed by atoms with van der Waals surface area (Å²) >= 11 is 0. The molecule has 0 N–H and O–H groups in total. The molecule has 0 spiro atoms. The standard InChI is InChI=1S/C17H18N2/c1-4-14-5-8-16(9-6-14)19(3)17-10-7-15(12-18)13(2)11-17/h5-11H,4H2,1-3H3. The van der Waals surface area contributed by atoms with Gasteiger partial charge in [0.15, 0.2) is 0 Å². The van der Waals surface area contributed by atoms with Gasteiger partial charge in [0.2, 0.25) is 0 Å². The molecule has 0 aliphatic rings. The summed E-state index contributed by atoms with van der Waals surface area (Å²) < 4.78 is 0. The van der Waals surface area contributed by atoms with Gasteiger partial charge in [0.25, 0.3) is 0 Å². The van der Waals surface area contributed by atoms with Crippen LogP contribution in [0, 0.1) is 18.3 Å². The van der Waals surface area contributed by atoms with E-state index in [2.05, 4.69) is 42.2 Å². The predicted molar refractivity (Wildman–Crippen MR) is 79.8 cm³/mol. The summed E-state index contributed by atoms with van der Waals surface area (Å²) in [6.07, 6.45) is 1.06. The third kappa shape index (κ3) is 2.77. The lowest BCUT2D eigenvalue weighted by Gasteiger charge is -2.20. The van der Waals surface area contributed by atoms with Gasteiger partial charge in [-0.3, -0.25) is 0 Å². The highest BCUT2D eigenvalue weighted by molar-refractivity contribution is 5.64. The highest BCUT2D eigenvalue weighted by Crippen LogP contribution is 2.25. The predicted octanol–water partition coefficient (Wildman–Crippen LogP) is 4.20. The Hall–Kier alpha value is -2.27. The van der Waals surface area contributed by atoms with Gasteiger partial charge in [0, 0.05) is 18.4 Å². The summed E-state index contributed by atoms with van der Waals surface area (Å²) in [5.41, 5.74) is 5.34. The molecule has 2 heteroatoms. The molecular formula is C17H18N2. The molecule has 2 nitrogen and oxygen atoms in total. The third-order valence-corrected chi connectivity index (χ3v) is 3.45. The molecule has 2 aromatic rings. The lowest BCUT2D eigenvalue weighted by Crippen LogP contribution is -2.09. The Bertz CT molecular complexity index is 606. The Kier molecular flexibility index (Phi) is 3.87. The maximum Gasteiger partial charge on any atom is 0.0994 e. The van der Waals surface area contributed by atoms with Crippen LogP contribution in [0.25, 0.3) is 0 Å². The van der Waals surface area contributed by atoms with Gasteiger partial charge >= 0.3 is 0 Å². The van der Waals surface area contributed by atoms with Crippen molar-refractivity contribution < 1.29 is 0 Å². The fourth-order valence-electron chi connectivity index (χ4n) is 2.09. The first-order valence-electron chi connectivity index (χ1n) is 6.49. The van der Waals surface area contributed by atoms with E-state index in [0.717, 1.165) is 28.9 Å². The average Bonchev–Trinajstić information content (AvgIpc) is 2.46. The number of benzene rings is 2. The normalized spacial score (nSPS) is 10.0. The Morgan fingerprint density at radius 1 is 1.05 bits per heavy atom. The smallest absolute Gasteiger partial charge is 0.0994 e. The first-order valence-corrected chi connectivity index (χ1v) is 6.49. The number of nitriles is 1. The second kappa shape index (κ2) is 5.58. The minimum atomic E-state index is 0.735. The summed E-state index contributed by atoms with van der Waals surface area (Å²) in [5, 5.41) is 8.96. The first kappa shape index (κ1) is 13.2. The minimum absolute atomic E-state index is 0.735. The van der Waals surface area contributed by atoms with E-state index in [9.17, 15) is 0 Å². The Morgan fingerprint density at radius 2 is 1.68 bits per heavy atom. The number of hydrogen-bond donors (Lipinski definition) is 0. The van der Waals surface area contributed by atoms with Crippen molar-refractivity contribution in [1.82, 2.24) is 0 Å². The zero-order chi connectivity index (χ0) is 13.8. The van der Waals surface area contributed by atoms with Crippen LogP contribution in [0.5, 0.6) is 0 Å². The quantitative estimate of drug-likeness (QED) is 0.816. The molecule has 2 rings (SSSR count). The molecule has 0 saturated carbocycles. The molecule has 19 heavy (non-hydrogen) atoms. The van der Waals surface area contributed by atoms with E-state index in [1.54, 1.807) is 0 Å². The molecule has 0 aromatic heterocycles. The van der Waals surface area contributed by atoms with Crippen LogP contribution >= 0.6 is 0 Å². The Balaban J connectivity index is 2.30. The van der Waals surface area contributed by atoms with Crippen molar-refractivity contribution >= 4 is 11.4 Å². The molecule has 0 aliphatic heterocycles. The summed E-state index contributed by atoms with van der Waals surface area (Å²) in [7, 11) is 2.04. The van der Waals surface area contributed by atoms with Crippen molar-refractivity contribution in [3.05, 3.63) is 59.2 Å². The maximum absolute atomic E-state index is 8.96. The molecule has 0 bridgehead atoms. The molecule has 96 valence electrons. The van der Waals surface area contributed by atoms with Crippen molar-refractivity contribution in [2.24, 2.45) is 0 Å². The van der Waals surface area contributed by atoms with Gasteiger partial charge in [0.05, 0.1) is 11.6 Å². The molecule has 0 radical (unpaired) electrons. The summed E-state index contributed by atoms with van der Waals surface area (Å²) in [6.45, 7) is 4.12. The number of aryl methyl sites for hydroxylation is 2. The van der Waals surface area contributed by atoms with E-state index in [4.69, 9.17) is 5.26 Å². The Labute approximate surface area is 114 Å². The average molecular weight is 250 g/mol. The number of nitrogens with zero attached hydrogens (tertiary/aromatic N) is 2. The van der Waals surface area contributed by atoms with Crippen LogP contribution in [0.2, 0.25) is 0 Å². The lowest BCUT2D eigenvalue weighted by atomic mass is 10.1. The minimum Gasteiger partial charge on any atom is -0.345 e. The summed E-state index contributed by atoms with van der Waals surface area (Å²) in [6, 6.07) is 16.7. The molecule has 0 aliphatic carbocycles. The maximum atomic E-state index is 8.96. The van der Waals surface area contributed by atoms with E-state index in [-0.39, 0.29) is 0 Å². The molecule has 0 heterocycles. The van der Waals surface area contributed by atoms with Crippen LogP contribution in [0.15, 0.2) is 42.5 Å². The van der Waals surface area contributed by atoms with E-state index in [1.165, 1.54) is 5.56 Å². The Morgan fingerprint density at radius 3 is 2.21 bits per heavy atom. The van der Waals surface area contributed by atoms with Crippen LogP contribution in [0.4, 0.5) is 11.4 Å². The van der Waals surface area contributed by atoms with Gasteiger partial charge in [-0.05, 0) is 54.8 Å². The topological polar surface area (TPSA) is 27.0 Å². The highest BCUT2D eigenvalue weighted by atomic mass is 15.1. The van der Waals surface area contributed by atoms with Crippen LogP contribution < -0.4 is 4.90 Å². The summed E-state index contributed by atoms with van der Waals surface area (Å²) in [4.78, 5) is 2.13. The summed E-state index contributed by atoms with van der Waals surface area (Å²) in [5.74, 6) is 0. The fraction of sp³-hybridized carbons (Fsp3) is 0.235. The van der Waals surface area contributed by atoms with Crippen LogP contribution in [0.1, 0.15) is 23.6 Å². The van der Waals surface area contributed by atoms with Crippen LogP contribution in [-0.2, 0) is 6.42 Å². The monoisotopic (exact) mass is 250 g/mol. The molecule has 0 unspecified atom stereocenters. The van der Waals surface area contributed by atoms with Crippen molar-refractivity contribution in [3.63, 3.8) is 0 Å². The van der Waals surface area contributed by atoms with Crippen LogP contribution in [-0.4, -0.2) is 7.05 Å². The number of rotatable bonds is 3. The second-order valence-corrected chi connectivity index (χ2v) is 4.69. The van der Waals surface area contributed by atoms with Gasteiger partial charge in [-0.25, -0.2) is 0 Å². The molecule has 0 fully saturated rings. The van der Waals surface area contributed by atoms with E-state index in [0.29, 0.717) is 0 Å². The zero-order valence-corrected chi connectivity index (χ0v) is 11.6.